The highest BCUT2D eigenvalue weighted by atomic mass is 16.4. The van der Waals surface area contributed by atoms with Crippen LogP contribution in [0.3, 0.4) is 0 Å². The van der Waals surface area contributed by atoms with Gasteiger partial charge < -0.3 is 19.5 Å². The number of carboxylic acid groups (broad SMARTS) is 1. The molecule has 2 aromatic carbocycles. The molecule has 1 saturated heterocycles. The number of piperidine rings is 1. The molecule has 0 radical (unpaired) electrons. The number of benzene rings is 3. The van der Waals surface area contributed by atoms with Crippen molar-refractivity contribution in [1.29, 1.82) is 0 Å². The molecule has 3 aliphatic rings. The summed E-state index contributed by atoms with van der Waals surface area (Å²) in [5.74, 6) is -1.03. The molecule has 1 aliphatic carbocycles. The molecular formula is C30H33NO6. The van der Waals surface area contributed by atoms with Gasteiger partial charge in [-0.3, -0.25) is 14.4 Å². The second-order valence-electron chi connectivity index (χ2n) is 8.27. The van der Waals surface area contributed by atoms with Crippen LogP contribution in [0.5, 0.6) is 5.75 Å². The molecule has 0 spiro atoms. The van der Waals surface area contributed by atoms with Gasteiger partial charge in [0.15, 0.2) is 5.43 Å². The summed E-state index contributed by atoms with van der Waals surface area (Å²) in [5.41, 5.74) is 2.76. The fraction of sp³-hybridized carbons (Fsp3) is 0.300. The number of likely N-dealkylation sites (tertiary alicyclic amines) is 1. The zero-order valence-electron chi connectivity index (χ0n) is 21.7. The maximum absolute atomic E-state index is 13.5. The number of aliphatic carboxylic acids is 1. The number of hydrogen-bond acceptors (Lipinski definition) is 5. The average molecular weight is 504 g/mol. The first kappa shape index (κ1) is 27.5. The molecule has 2 aliphatic heterocycles. The van der Waals surface area contributed by atoms with Crippen LogP contribution in [0, 0.1) is 5.92 Å². The smallest absolute Gasteiger partial charge is 0.306 e. The van der Waals surface area contributed by atoms with Crippen molar-refractivity contribution in [3.8, 4) is 28.2 Å². The van der Waals surface area contributed by atoms with Crippen LogP contribution in [0.4, 0.5) is 0 Å². The molecule has 0 atom stereocenters. The Morgan fingerprint density at radius 3 is 2.24 bits per heavy atom. The minimum atomic E-state index is -0.825. The van der Waals surface area contributed by atoms with E-state index in [2.05, 4.69) is 0 Å². The second kappa shape index (κ2) is 12.2. The number of aromatic hydroxyl groups is 1. The van der Waals surface area contributed by atoms with Crippen LogP contribution in [-0.4, -0.2) is 40.1 Å². The molecule has 37 heavy (non-hydrogen) atoms. The Kier molecular flexibility index (Phi) is 9.06. The van der Waals surface area contributed by atoms with Gasteiger partial charge in [-0.25, -0.2) is 0 Å². The second-order valence-corrected chi connectivity index (χ2v) is 8.27. The number of carbonyl (C=O) groups excluding carboxylic acids is 1. The molecule has 194 valence electrons. The van der Waals surface area contributed by atoms with Gasteiger partial charge in [-0.2, -0.15) is 0 Å². The molecule has 1 fully saturated rings. The van der Waals surface area contributed by atoms with E-state index < -0.39 is 11.9 Å². The number of fused-ring (bicyclic) bond motifs is 2. The zero-order chi connectivity index (χ0) is 27.1. The Hall–Kier alpha value is -4.13. The molecular weight excluding hydrogens is 470 g/mol. The van der Waals surface area contributed by atoms with Crippen LogP contribution in [0.25, 0.3) is 33.4 Å². The first-order valence-corrected chi connectivity index (χ1v) is 12.7. The Labute approximate surface area is 216 Å². The number of nitrogens with zero attached hydrogens (tertiary/aromatic N) is 1. The highest BCUT2D eigenvalue weighted by Crippen LogP contribution is 2.42. The number of phenolic OH excluding ortho intramolecular Hbond substituents is 1. The number of carbonyl (C=O) groups is 2. The van der Waals surface area contributed by atoms with E-state index in [4.69, 9.17) is 4.42 Å². The van der Waals surface area contributed by atoms with Crippen molar-refractivity contribution < 1.29 is 24.2 Å². The van der Waals surface area contributed by atoms with E-state index in [0.717, 1.165) is 5.56 Å². The van der Waals surface area contributed by atoms with Gasteiger partial charge in [0, 0.05) is 47.3 Å². The van der Waals surface area contributed by atoms with E-state index in [9.17, 15) is 24.6 Å². The fourth-order valence-electron chi connectivity index (χ4n) is 4.54. The summed E-state index contributed by atoms with van der Waals surface area (Å²) < 4.78 is 5.91. The third-order valence-electron chi connectivity index (χ3n) is 6.24. The van der Waals surface area contributed by atoms with Crippen LogP contribution in [0.15, 0.2) is 69.9 Å². The molecule has 7 nitrogen and oxygen atoms in total. The lowest BCUT2D eigenvalue weighted by Gasteiger charge is -2.31. The van der Waals surface area contributed by atoms with Crippen molar-refractivity contribution in [2.45, 2.75) is 40.5 Å². The molecule has 7 heteroatoms. The predicted octanol–water partition coefficient (Wildman–Crippen LogP) is 6.26. The van der Waals surface area contributed by atoms with Gasteiger partial charge in [-0.05, 0) is 48.7 Å². The van der Waals surface area contributed by atoms with Crippen LogP contribution in [0.2, 0.25) is 0 Å². The Morgan fingerprint density at radius 1 is 0.892 bits per heavy atom. The molecule has 2 N–H and O–H groups in total. The first-order valence-electron chi connectivity index (χ1n) is 12.7. The summed E-state index contributed by atoms with van der Waals surface area (Å²) >= 11 is 0. The molecule has 1 amide bonds. The Bertz CT molecular complexity index is 1420. The highest BCUT2D eigenvalue weighted by molar-refractivity contribution is 6.09. The molecule has 0 bridgehead atoms. The lowest BCUT2D eigenvalue weighted by molar-refractivity contribution is -0.143. The summed E-state index contributed by atoms with van der Waals surface area (Å²) in [4.78, 5) is 38.5. The summed E-state index contributed by atoms with van der Waals surface area (Å²) in [7, 11) is 0. The van der Waals surface area contributed by atoms with Crippen LogP contribution < -0.4 is 5.43 Å². The van der Waals surface area contributed by atoms with Gasteiger partial charge in [0.1, 0.15) is 17.1 Å². The van der Waals surface area contributed by atoms with Crippen molar-refractivity contribution in [3.05, 3.63) is 76.5 Å². The third-order valence-corrected chi connectivity index (χ3v) is 6.24. The van der Waals surface area contributed by atoms with Gasteiger partial charge in [0.05, 0.1) is 5.92 Å². The van der Waals surface area contributed by atoms with Gasteiger partial charge in [0.25, 0.3) is 5.91 Å². The van der Waals surface area contributed by atoms with Crippen molar-refractivity contribution in [3.63, 3.8) is 0 Å². The minimum absolute atomic E-state index is 0.0282. The molecule has 0 saturated carbocycles. The molecule has 0 aromatic heterocycles. The molecule has 0 unspecified atom stereocenters. The lowest BCUT2D eigenvalue weighted by Crippen LogP contribution is -2.40. The van der Waals surface area contributed by atoms with Gasteiger partial charge in [-0.15, -0.1) is 0 Å². The molecule has 2 aromatic rings. The van der Waals surface area contributed by atoms with Crippen molar-refractivity contribution in [2.24, 2.45) is 5.92 Å². The number of amides is 1. The van der Waals surface area contributed by atoms with E-state index in [1.54, 1.807) is 35.2 Å². The number of hydrogen-bond donors (Lipinski definition) is 2. The highest BCUT2D eigenvalue weighted by Gasteiger charge is 2.29. The number of rotatable bonds is 3. The molecule has 2 heterocycles. The normalized spacial score (nSPS) is 13.4. The number of carboxylic acids is 1. The van der Waals surface area contributed by atoms with E-state index in [-0.39, 0.29) is 17.1 Å². The largest absolute Gasteiger partial charge is 0.508 e. The number of phenols is 1. The van der Waals surface area contributed by atoms with Gasteiger partial charge in [0.2, 0.25) is 0 Å². The lowest BCUT2D eigenvalue weighted by atomic mass is 9.90. The maximum Gasteiger partial charge on any atom is 0.306 e. The van der Waals surface area contributed by atoms with Crippen molar-refractivity contribution in [1.82, 2.24) is 4.90 Å². The SMILES string of the molecule is CC.CC.O=C(O)C1CCN(C(=O)c2ccccc2-c2c3ccc(=O)cc-3oc3cc(O)ccc23)CC1. The van der Waals surface area contributed by atoms with E-state index >= 15 is 0 Å². The van der Waals surface area contributed by atoms with Crippen molar-refractivity contribution in [2.75, 3.05) is 13.1 Å². The van der Waals surface area contributed by atoms with Gasteiger partial charge >= 0.3 is 5.97 Å². The minimum Gasteiger partial charge on any atom is -0.508 e. The Balaban J connectivity index is 0.000000907. The maximum atomic E-state index is 13.5. The van der Waals surface area contributed by atoms with E-state index in [1.807, 2.05) is 39.8 Å². The topological polar surface area (TPSA) is 108 Å². The Morgan fingerprint density at radius 2 is 1.57 bits per heavy atom. The van der Waals surface area contributed by atoms with Crippen LogP contribution in [-0.2, 0) is 4.79 Å². The summed E-state index contributed by atoms with van der Waals surface area (Å²) in [5, 5.41) is 19.9. The quantitative estimate of drug-likeness (QED) is 0.320. The van der Waals surface area contributed by atoms with E-state index in [1.165, 1.54) is 18.2 Å². The molecule has 5 rings (SSSR count). The zero-order valence-corrected chi connectivity index (χ0v) is 21.7. The summed E-state index contributed by atoms with van der Waals surface area (Å²) in [6.45, 7) is 8.76. The average Bonchev–Trinajstić information content (AvgIpc) is 2.93. The summed E-state index contributed by atoms with van der Waals surface area (Å²) in [6.07, 6.45) is 0.843. The van der Waals surface area contributed by atoms with Crippen LogP contribution >= 0.6 is 0 Å². The van der Waals surface area contributed by atoms with Crippen LogP contribution in [0.1, 0.15) is 50.9 Å². The van der Waals surface area contributed by atoms with Gasteiger partial charge in [-0.1, -0.05) is 45.9 Å². The predicted molar refractivity (Wildman–Crippen MR) is 145 cm³/mol. The standard InChI is InChI=1S/C26H21NO6.2C2H6/c28-16-5-7-20-22(13-16)33-23-14-17(29)6-8-21(23)24(20)18-3-1-2-4-19(18)25(30)27-11-9-15(10-12-27)26(31)32;2*1-2/h1-8,13-15,28H,9-12H2,(H,31,32);2*1-2H3. The monoisotopic (exact) mass is 503 g/mol. The fourth-order valence-corrected chi connectivity index (χ4v) is 4.54. The third kappa shape index (κ3) is 5.66. The summed E-state index contributed by atoms with van der Waals surface area (Å²) in [6, 6.07) is 16.5. The van der Waals surface area contributed by atoms with E-state index in [0.29, 0.717) is 59.4 Å². The van der Waals surface area contributed by atoms with Crippen molar-refractivity contribution >= 4 is 22.8 Å². The first-order chi connectivity index (χ1) is 17.9.